The monoisotopic (exact) mass is 403 g/mol. The topological polar surface area (TPSA) is 80.1 Å². The minimum absolute atomic E-state index is 0.371. The fraction of sp³-hybridized carbons (Fsp3) is 0.0870. The summed E-state index contributed by atoms with van der Waals surface area (Å²) in [4.78, 5) is 16.4. The van der Waals surface area contributed by atoms with E-state index in [0.717, 1.165) is 39.3 Å². The molecule has 0 saturated carbocycles. The predicted molar refractivity (Wildman–Crippen MR) is 116 cm³/mol. The Bertz CT molecular complexity index is 1110. The number of amides is 1. The van der Waals surface area contributed by atoms with Gasteiger partial charge in [0.1, 0.15) is 0 Å². The van der Waals surface area contributed by atoms with Crippen LogP contribution in [0.1, 0.15) is 11.1 Å². The zero-order valence-corrected chi connectivity index (χ0v) is 16.5. The number of hydrogen-bond donors (Lipinski definition) is 3. The summed E-state index contributed by atoms with van der Waals surface area (Å²) in [6.07, 6.45) is -0.837. The van der Waals surface area contributed by atoms with Gasteiger partial charge in [0.15, 0.2) is 0 Å². The Balaban J connectivity index is 1.59. The first-order valence-corrected chi connectivity index (χ1v) is 10.1. The second-order valence-electron chi connectivity index (χ2n) is 6.59. The maximum Gasteiger partial charge on any atom is 0.411 e. The molecule has 0 spiro atoms. The molecule has 3 aromatic carbocycles. The van der Waals surface area contributed by atoms with Crippen LogP contribution in [-0.2, 0) is 13.1 Å². The molecule has 29 heavy (non-hydrogen) atoms. The summed E-state index contributed by atoms with van der Waals surface area (Å²) >= 11 is 1.54. The lowest BCUT2D eigenvalue weighted by Gasteiger charge is -2.07. The summed E-state index contributed by atoms with van der Waals surface area (Å²) in [5, 5.41) is 4.46. The molecule has 0 aliphatic rings. The average Bonchev–Trinajstić information content (AvgIpc) is 3.05. The number of carbonyl (C=O) groups is 1. The number of benzene rings is 3. The quantitative estimate of drug-likeness (QED) is 0.403. The highest BCUT2D eigenvalue weighted by Crippen LogP contribution is 2.41. The van der Waals surface area contributed by atoms with Gasteiger partial charge in [0.2, 0.25) is 5.88 Å². The molecule has 4 aromatic rings. The third kappa shape index (κ3) is 4.80. The largest absolute Gasteiger partial charge is 0.411 e. The highest BCUT2D eigenvalue weighted by Gasteiger charge is 2.16. The number of aromatic nitrogens is 1. The Morgan fingerprint density at radius 1 is 0.931 bits per heavy atom. The number of ether oxygens (including phenoxy) is 1. The Kier molecular flexibility index (Phi) is 5.84. The van der Waals surface area contributed by atoms with E-state index < -0.39 is 6.09 Å². The zero-order valence-electron chi connectivity index (χ0n) is 15.7. The maximum absolute atomic E-state index is 11.4. The minimum Gasteiger partial charge on any atom is -0.392 e. The van der Waals surface area contributed by atoms with E-state index in [4.69, 9.17) is 10.5 Å². The standard InChI is InChI=1S/C23H21N3O2S/c24-23(27)28-22-21(29-18-9-5-2-6-10-18)19-13-17(11-12-20(19)26-22)15-25-14-16-7-3-1-4-8-16/h1-13,25-26H,14-15H2,(H2,24,27). The molecule has 1 amide bonds. The van der Waals surface area contributed by atoms with E-state index in [1.165, 1.54) is 17.3 Å². The van der Waals surface area contributed by atoms with E-state index in [0.29, 0.717) is 5.88 Å². The van der Waals surface area contributed by atoms with Gasteiger partial charge in [-0.2, -0.15) is 0 Å². The number of H-pyrrole nitrogens is 1. The van der Waals surface area contributed by atoms with Crippen LogP contribution in [0.25, 0.3) is 10.9 Å². The molecule has 4 rings (SSSR count). The Morgan fingerprint density at radius 2 is 1.62 bits per heavy atom. The number of primary amides is 1. The van der Waals surface area contributed by atoms with E-state index in [1.807, 2.05) is 54.6 Å². The zero-order chi connectivity index (χ0) is 20.1. The average molecular weight is 404 g/mol. The summed E-state index contributed by atoms with van der Waals surface area (Å²) in [5.74, 6) is 0.371. The molecule has 0 aliphatic carbocycles. The van der Waals surface area contributed by atoms with Gasteiger partial charge >= 0.3 is 6.09 Å². The third-order valence-electron chi connectivity index (χ3n) is 4.45. The van der Waals surface area contributed by atoms with Crippen LogP contribution in [-0.4, -0.2) is 11.1 Å². The first kappa shape index (κ1) is 19.1. The van der Waals surface area contributed by atoms with E-state index in [2.05, 4.69) is 34.6 Å². The highest BCUT2D eigenvalue weighted by molar-refractivity contribution is 7.99. The van der Waals surface area contributed by atoms with E-state index >= 15 is 0 Å². The van der Waals surface area contributed by atoms with E-state index in [9.17, 15) is 4.79 Å². The summed E-state index contributed by atoms with van der Waals surface area (Å²) in [6, 6.07) is 26.4. The number of aromatic amines is 1. The molecule has 0 fully saturated rings. The van der Waals surface area contributed by atoms with E-state index in [1.54, 1.807) is 0 Å². The molecule has 0 unspecified atom stereocenters. The number of nitrogens with two attached hydrogens (primary N) is 1. The van der Waals surface area contributed by atoms with Crippen molar-refractivity contribution in [2.45, 2.75) is 22.9 Å². The fourth-order valence-electron chi connectivity index (χ4n) is 3.13. The van der Waals surface area contributed by atoms with Gasteiger partial charge < -0.3 is 20.8 Å². The van der Waals surface area contributed by atoms with Crippen molar-refractivity contribution in [3.05, 3.63) is 90.0 Å². The van der Waals surface area contributed by atoms with E-state index in [-0.39, 0.29) is 0 Å². The summed E-state index contributed by atoms with van der Waals surface area (Å²) in [5.41, 5.74) is 8.54. The van der Waals surface area contributed by atoms with Gasteiger partial charge in [0.25, 0.3) is 0 Å². The number of carbonyl (C=O) groups excluding carboxylic acids is 1. The molecule has 0 aliphatic heterocycles. The van der Waals surface area contributed by atoms with Crippen molar-refractivity contribution in [1.29, 1.82) is 0 Å². The van der Waals surface area contributed by atoms with Gasteiger partial charge in [0.05, 0.1) is 4.90 Å². The SMILES string of the molecule is NC(=O)Oc1[nH]c2ccc(CNCc3ccccc3)cc2c1Sc1ccccc1. The Labute approximate surface area is 173 Å². The second-order valence-corrected chi connectivity index (χ2v) is 7.67. The first-order valence-electron chi connectivity index (χ1n) is 9.28. The number of fused-ring (bicyclic) bond motifs is 1. The fourth-order valence-corrected chi connectivity index (χ4v) is 4.12. The molecule has 5 nitrogen and oxygen atoms in total. The van der Waals surface area contributed by atoms with Crippen molar-refractivity contribution >= 4 is 28.8 Å². The number of hydrogen-bond acceptors (Lipinski definition) is 4. The lowest BCUT2D eigenvalue weighted by atomic mass is 10.1. The van der Waals surface area contributed by atoms with Gasteiger partial charge in [0, 0.05) is 28.9 Å². The number of nitrogens with one attached hydrogen (secondary N) is 2. The molecule has 146 valence electrons. The van der Waals surface area contributed by atoms with Crippen molar-refractivity contribution in [3.8, 4) is 5.88 Å². The minimum atomic E-state index is -0.837. The summed E-state index contributed by atoms with van der Waals surface area (Å²) in [6.45, 7) is 1.53. The second kappa shape index (κ2) is 8.86. The van der Waals surface area contributed by atoms with Crippen LogP contribution in [0.4, 0.5) is 4.79 Å². The molecule has 0 radical (unpaired) electrons. The van der Waals surface area contributed by atoms with Crippen LogP contribution < -0.4 is 15.8 Å². The normalized spacial score (nSPS) is 10.9. The molecule has 1 heterocycles. The molecule has 0 bridgehead atoms. The van der Waals surface area contributed by atoms with Crippen LogP contribution >= 0.6 is 11.8 Å². The molecule has 6 heteroatoms. The van der Waals surface area contributed by atoms with Gasteiger partial charge in [-0.1, -0.05) is 66.4 Å². The molecule has 0 saturated heterocycles. The first-order chi connectivity index (χ1) is 14.2. The molecular formula is C23H21N3O2S. The van der Waals surface area contributed by atoms with Crippen LogP contribution in [0.2, 0.25) is 0 Å². The van der Waals surface area contributed by atoms with Crippen molar-refractivity contribution in [2.75, 3.05) is 0 Å². The van der Waals surface area contributed by atoms with Gasteiger partial charge in [-0.3, -0.25) is 0 Å². The molecule has 4 N–H and O–H groups in total. The molecule has 0 atom stereocenters. The summed E-state index contributed by atoms with van der Waals surface area (Å²) in [7, 11) is 0. The van der Waals surface area contributed by atoms with Crippen molar-refractivity contribution in [3.63, 3.8) is 0 Å². The van der Waals surface area contributed by atoms with Gasteiger partial charge in [-0.25, -0.2) is 4.79 Å². The Hall–Kier alpha value is -3.22. The third-order valence-corrected chi connectivity index (χ3v) is 5.57. The molecular weight excluding hydrogens is 382 g/mol. The Morgan fingerprint density at radius 3 is 2.34 bits per heavy atom. The number of rotatable bonds is 7. The van der Waals surface area contributed by atoms with Crippen molar-refractivity contribution < 1.29 is 9.53 Å². The van der Waals surface area contributed by atoms with Crippen LogP contribution in [0.15, 0.2) is 88.7 Å². The summed E-state index contributed by atoms with van der Waals surface area (Å²) < 4.78 is 5.23. The lowest BCUT2D eigenvalue weighted by Crippen LogP contribution is -2.16. The molecule has 1 aromatic heterocycles. The van der Waals surface area contributed by atoms with Gasteiger partial charge in [-0.05, 0) is 35.4 Å². The maximum atomic E-state index is 11.4. The van der Waals surface area contributed by atoms with Crippen molar-refractivity contribution in [2.24, 2.45) is 5.73 Å². The predicted octanol–water partition coefficient (Wildman–Crippen LogP) is 5.07. The van der Waals surface area contributed by atoms with Gasteiger partial charge in [-0.15, -0.1) is 0 Å². The van der Waals surface area contributed by atoms with Crippen LogP contribution in [0.3, 0.4) is 0 Å². The lowest BCUT2D eigenvalue weighted by molar-refractivity contribution is 0.208. The van der Waals surface area contributed by atoms with Crippen molar-refractivity contribution in [1.82, 2.24) is 10.3 Å². The van der Waals surface area contributed by atoms with Crippen LogP contribution in [0.5, 0.6) is 5.88 Å². The smallest absolute Gasteiger partial charge is 0.392 e. The highest BCUT2D eigenvalue weighted by atomic mass is 32.2. The van der Waals surface area contributed by atoms with Crippen LogP contribution in [0, 0.1) is 0 Å².